The third-order valence-corrected chi connectivity index (χ3v) is 6.26. The van der Waals surface area contributed by atoms with Gasteiger partial charge in [-0.05, 0) is 37.6 Å². The Morgan fingerprint density at radius 3 is 2.24 bits per heavy atom. The summed E-state index contributed by atoms with van der Waals surface area (Å²) in [4.78, 5) is 1.65. The van der Waals surface area contributed by atoms with Crippen LogP contribution in [0.3, 0.4) is 0 Å². The van der Waals surface area contributed by atoms with E-state index in [-0.39, 0.29) is 11.7 Å². The molecule has 3 aromatic carbocycles. The first kappa shape index (κ1) is 16.2. The SMILES string of the molecule is Cc1ccc([S@](=O)c2ccccc2[C@@H]2O[C@@]2(C)c2ccccc2)cc1. The Kier molecular flexibility index (Phi) is 4.06. The number of benzene rings is 3. The summed E-state index contributed by atoms with van der Waals surface area (Å²) in [5.41, 5.74) is 2.97. The van der Waals surface area contributed by atoms with Crippen molar-refractivity contribution in [1.82, 2.24) is 0 Å². The molecule has 25 heavy (non-hydrogen) atoms. The van der Waals surface area contributed by atoms with Crippen molar-refractivity contribution in [1.29, 1.82) is 0 Å². The molecule has 0 radical (unpaired) electrons. The molecule has 0 aromatic heterocycles. The van der Waals surface area contributed by atoms with Crippen LogP contribution in [0.15, 0.2) is 88.7 Å². The molecule has 2 nitrogen and oxygen atoms in total. The van der Waals surface area contributed by atoms with E-state index in [1.165, 1.54) is 0 Å². The van der Waals surface area contributed by atoms with Gasteiger partial charge >= 0.3 is 0 Å². The topological polar surface area (TPSA) is 29.6 Å². The van der Waals surface area contributed by atoms with Crippen LogP contribution in [-0.4, -0.2) is 4.21 Å². The maximum Gasteiger partial charge on any atom is 0.122 e. The maximum absolute atomic E-state index is 13.1. The molecule has 126 valence electrons. The molecular formula is C22H20O2S. The summed E-state index contributed by atoms with van der Waals surface area (Å²) in [6.07, 6.45) is -0.0690. The zero-order valence-corrected chi connectivity index (χ0v) is 15.1. The van der Waals surface area contributed by atoms with E-state index in [9.17, 15) is 4.21 Å². The van der Waals surface area contributed by atoms with E-state index in [0.29, 0.717) is 0 Å². The van der Waals surface area contributed by atoms with Gasteiger partial charge in [-0.1, -0.05) is 66.2 Å². The van der Waals surface area contributed by atoms with Crippen LogP contribution in [0.25, 0.3) is 0 Å². The molecule has 1 saturated heterocycles. The van der Waals surface area contributed by atoms with Gasteiger partial charge in [-0.3, -0.25) is 0 Å². The molecule has 3 heteroatoms. The molecule has 0 bridgehead atoms. The van der Waals surface area contributed by atoms with Crippen molar-refractivity contribution in [2.24, 2.45) is 0 Å². The Labute approximate surface area is 150 Å². The van der Waals surface area contributed by atoms with Crippen molar-refractivity contribution in [2.75, 3.05) is 0 Å². The zero-order valence-electron chi connectivity index (χ0n) is 14.3. The molecule has 3 atom stereocenters. The number of epoxide rings is 1. The summed E-state index contributed by atoms with van der Waals surface area (Å²) < 4.78 is 19.2. The minimum atomic E-state index is -1.22. The first-order chi connectivity index (χ1) is 12.1. The maximum atomic E-state index is 13.1. The van der Waals surface area contributed by atoms with Gasteiger partial charge in [0.25, 0.3) is 0 Å². The lowest BCUT2D eigenvalue weighted by atomic mass is 9.94. The van der Waals surface area contributed by atoms with Gasteiger partial charge in [-0.25, -0.2) is 4.21 Å². The first-order valence-electron chi connectivity index (χ1n) is 8.40. The van der Waals surface area contributed by atoms with E-state index in [1.807, 2.05) is 73.7 Å². The van der Waals surface area contributed by atoms with E-state index in [2.05, 4.69) is 19.1 Å². The summed E-state index contributed by atoms with van der Waals surface area (Å²) in [6, 6.07) is 26.0. The lowest BCUT2D eigenvalue weighted by Crippen LogP contribution is -2.06. The summed E-state index contributed by atoms with van der Waals surface area (Å²) in [5.74, 6) is 0. The van der Waals surface area contributed by atoms with Gasteiger partial charge in [0, 0.05) is 15.4 Å². The van der Waals surface area contributed by atoms with Crippen molar-refractivity contribution >= 4 is 10.8 Å². The second kappa shape index (κ2) is 6.25. The number of ether oxygens (including phenoxy) is 1. The molecule has 0 saturated carbocycles. The van der Waals surface area contributed by atoms with E-state index in [4.69, 9.17) is 4.74 Å². The molecule has 0 N–H and O–H groups in total. The Morgan fingerprint density at radius 2 is 1.52 bits per heavy atom. The van der Waals surface area contributed by atoms with Crippen molar-refractivity contribution < 1.29 is 8.95 Å². The Bertz CT molecular complexity index is 918. The number of hydrogen-bond acceptors (Lipinski definition) is 2. The fourth-order valence-electron chi connectivity index (χ4n) is 3.21. The Hall–Kier alpha value is -2.23. The molecular weight excluding hydrogens is 328 g/mol. The van der Waals surface area contributed by atoms with Crippen molar-refractivity contribution in [3.63, 3.8) is 0 Å². The summed E-state index contributed by atoms with van der Waals surface area (Å²) in [5, 5.41) is 0. The smallest absolute Gasteiger partial charge is 0.122 e. The molecule has 1 fully saturated rings. The summed E-state index contributed by atoms with van der Waals surface area (Å²) >= 11 is 0. The van der Waals surface area contributed by atoms with Crippen LogP contribution in [0.2, 0.25) is 0 Å². The fourth-order valence-corrected chi connectivity index (χ4v) is 4.44. The number of rotatable bonds is 4. The first-order valence-corrected chi connectivity index (χ1v) is 9.55. The normalized spacial score (nSPS) is 23.2. The molecule has 0 unspecified atom stereocenters. The summed E-state index contributed by atoms with van der Waals surface area (Å²) in [6.45, 7) is 4.13. The number of aryl methyl sites for hydroxylation is 1. The third kappa shape index (κ3) is 2.94. The highest BCUT2D eigenvalue weighted by atomic mass is 32.2. The van der Waals surface area contributed by atoms with Crippen LogP contribution in [-0.2, 0) is 21.1 Å². The minimum absolute atomic E-state index is 0.0690. The molecule has 0 amide bonds. The molecule has 1 aliphatic heterocycles. The summed E-state index contributed by atoms with van der Waals surface area (Å²) in [7, 11) is -1.22. The number of hydrogen-bond donors (Lipinski definition) is 0. The van der Waals surface area contributed by atoms with Gasteiger partial charge in [-0.15, -0.1) is 0 Å². The Morgan fingerprint density at radius 1 is 0.880 bits per heavy atom. The molecule has 0 aliphatic carbocycles. The van der Waals surface area contributed by atoms with Gasteiger partial charge in [-0.2, -0.15) is 0 Å². The average molecular weight is 348 g/mol. The second-order valence-corrected chi connectivity index (χ2v) is 8.04. The van der Waals surface area contributed by atoms with Gasteiger partial charge in [0.1, 0.15) is 11.7 Å². The van der Waals surface area contributed by atoms with Gasteiger partial charge in [0.05, 0.1) is 10.8 Å². The highest BCUT2D eigenvalue weighted by molar-refractivity contribution is 7.85. The third-order valence-electron chi connectivity index (χ3n) is 4.79. The average Bonchev–Trinajstić information content (AvgIpc) is 3.35. The van der Waals surface area contributed by atoms with Gasteiger partial charge in [0.2, 0.25) is 0 Å². The second-order valence-electron chi connectivity index (χ2n) is 6.59. The zero-order chi connectivity index (χ0) is 17.4. The lowest BCUT2D eigenvalue weighted by Gasteiger charge is -2.10. The Balaban J connectivity index is 1.69. The van der Waals surface area contributed by atoms with Crippen molar-refractivity contribution in [3.8, 4) is 0 Å². The van der Waals surface area contributed by atoms with E-state index < -0.39 is 10.8 Å². The molecule has 3 aromatic rings. The standard InChI is InChI=1S/C22H20O2S/c1-16-12-14-18(15-13-16)25(23)20-11-7-6-10-19(20)21-22(2,24-21)17-8-4-3-5-9-17/h3-15,21H,1-2H3/t21-,22-,25-/m0/s1. The predicted octanol–water partition coefficient (Wildman–Crippen LogP) is 5.15. The van der Waals surface area contributed by atoms with E-state index in [1.54, 1.807) is 0 Å². The molecule has 1 aliphatic rings. The molecule has 1 heterocycles. The molecule has 4 rings (SSSR count). The quantitative estimate of drug-likeness (QED) is 0.610. The highest BCUT2D eigenvalue weighted by Gasteiger charge is 2.55. The van der Waals surface area contributed by atoms with E-state index >= 15 is 0 Å². The van der Waals surface area contributed by atoms with E-state index in [0.717, 1.165) is 26.5 Å². The van der Waals surface area contributed by atoms with Crippen LogP contribution < -0.4 is 0 Å². The minimum Gasteiger partial charge on any atom is -0.356 e. The fraction of sp³-hybridized carbons (Fsp3) is 0.182. The van der Waals surface area contributed by atoms with Crippen LogP contribution >= 0.6 is 0 Å². The molecule has 0 spiro atoms. The lowest BCUT2D eigenvalue weighted by molar-refractivity contribution is 0.313. The van der Waals surface area contributed by atoms with Crippen LogP contribution in [0.5, 0.6) is 0 Å². The largest absolute Gasteiger partial charge is 0.356 e. The highest BCUT2D eigenvalue weighted by Crippen LogP contribution is 2.57. The van der Waals surface area contributed by atoms with Crippen LogP contribution in [0.4, 0.5) is 0 Å². The van der Waals surface area contributed by atoms with Gasteiger partial charge in [0.15, 0.2) is 0 Å². The van der Waals surface area contributed by atoms with Crippen molar-refractivity contribution in [2.45, 2.75) is 35.3 Å². The van der Waals surface area contributed by atoms with Gasteiger partial charge < -0.3 is 4.74 Å². The van der Waals surface area contributed by atoms with Crippen molar-refractivity contribution in [3.05, 3.63) is 95.6 Å². The predicted molar refractivity (Wildman–Crippen MR) is 99.9 cm³/mol. The van der Waals surface area contributed by atoms with Crippen LogP contribution in [0.1, 0.15) is 29.7 Å². The monoisotopic (exact) mass is 348 g/mol. The van der Waals surface area contributed by atoms with Crippen LogP contribution in [0, 0.1) is 6.92 Å².